The zero-order chi connectivity index (χ0) is 20.5. The maximum Gasteiger partial charge on any atom is 0.230 e. The number of amides is 1. The van der Waals surface area contributed by atoms with E-state index in [0.717, 1.165) is 23.4 Å². The van der Waals surface area contributed by atoms with Crippen LogP contribution in [0.25, 0.3) is 0 Å². The number of aromatic nitrogens is 1. The van der Waals surface area contributed by atoms with E-state index in [1.165, 1.54) is 5.56 Å². The second-order valence-electron chi connectivity index (χ2n) is 7.18. The summed E-state index contributed by atoms with van der Waals surface area (Å²) in [6.45, 7) is 2.60. The Labute approximate surface area is 171 Å². The molecule has 0 spiro atoms. The fraction of sp³-hybridized carbons (Fsp3) is 0.250. The standard InChI is InChI=1S/C24H27N3O2/c1-18(26-17-23(28)20-7-3-2-4-8-20)15-19-10-12-21(13-11-19)27-24(29)16-22-9-5-6-14-25-22/h2-14,18,23,26,28H,15-17H2,1H3,(H,27,29)/t18-,23+/m0/s1. The van der Waals surface area contributed by atoms with Crippen LogP contribution in [0, 0.1) is 0 Å². The molecule has 2 aromatic carbocycles. The van der Waals surface area contributed by atoms with Crippen LogP contribution in [0.1, 0.15) is 29.8 Å². The van der Waals surface area contributed by atoms with Gasteiger partial charge in [0.15, 0.2) is 0 Å². The predicted molar refractivity (Wildman–Crippen MR) is 116 cm³/mol. The highest BCUT2D eigenvalue weighted by Gasteiger charge is 2.10. The summed E-state index contributed by atoms with van der Waals surface area (Å²) in [6.07, 6.45) is 2.26. The maximum atomic E-state index is 12.1. The lowest BCUT2D eigenvalue weighted by atomic mass is 10.1. The molecule has 5 heteroatoms. The van der Waals surface area contributed by atoms with Crippen LogP contribution in [0.2, 0.25) is 0 Å². The first-order chi connectivity index (χ1) is 14.1. The molecule has 0 aliphatic heterocycles. The van der Waals surface area contributed by atoms with Gasteiger partial charge in [0.25, 0.3) is 0 Å². The third-order valence-electron chi connectivity index (χ3n) is 4.69. The van der Waals surface area contributed by atoms with E-state index in [1.807, 2.05) is 72.8 Å². The predicted octanol–water partition coefficient (Wildman–Crippen LogP) is 3.52. The number of hydrogen-bond acceptors (Lipinski definition) is 4. The highest BCUT2D eigenvalue weighted by molar-refractivity contribution is 5.91. The molecular weight excluding hydrogens is 362 g/mol. The second-order valence-corrected chi connectivity index (χ2v) is 7.18. The zero-order valence-corrected chi connectivity index (χ0v) is 16.6. The van der Waals surface area contributed by atoms with Crippen molar-refractivity contribution >= 4 is 11.6 Å². The minimum Gasteiger partial charge on any atom is -0.387 e. The first kappa shape index (κ1) is 20.7. The van der Waals surface area contributed by atoms with Crippen LogP contribution < -0.4 is 10.6 Å². The van der Waals surface area contributed by atoms with Gasteiger partial charge in [0.1, 0.15) is 0 Å². The number of benzene rings is 2. The van der Waals surface area contributed by atoms with Gasteiger partial charge in [0.05, 0.1) is 12.5 Å². The van der Waals surface area contributed by atoms with E-state index in [4.69, 9.17) is 0 Å². The number of aliphatic hydroxyl groups is 1. The van der Waals surface area contributed by atoms with Gasteiger partial charge in [-0.25, -0.2) is 0 Å². The molecule has 1 amide bonds. The van der Waals surface area contributed by atoms with Gasteiger partial charge in [-0.15, -0.1) is 0 Å². The number of carbonyl (C=O) groups is 1. The summed E-state index contributed by atoms with van der Waals surface area (Å²) in [5, 5.41) is 16.5. The summed E-state index contributed by atoms with van der Waals surface area (Å²) in [7, 11) is 0. The Bertz CT molecular complexity index is 883. The van der Waals surface area contributed by atoms with Crippen LogP contribution in [0.5, 0.6) is 0 Å². The van der Waals surface area contributed by atoms with Gasteiger partial charge in [-0.3, -0.25) is 9.78 Å². The topological polar surface area (TPSA) is 74.2 Å². The number of anilines is 1. The highest BCUT2D eigenvalue weighted by Crippen LogP contribution is 2.14. The molecule has 0 aliphatic rings. The summed E-state index contributed by atoms with van der Waals surface area (Å²) in [5.74, 6) is -0.0821. The van der Waals surface area contributed by atoms with E-state index in [9.17, 15) is 9.90 Å². The number of rotatable bonds is 9. The Hall–Kier alpha value is -3.02. The molecular formula is C24H27N3O2. The fourth-order valence-corrected chi connectivity index (χ4v) is 3.13. The summed E-state index contributed by atoms with van der Waals surface area (Å²) in [5.41, 5.74) is 3.61. The lowest BCUT2D eigenvalue weighted by Gasteiger charge is -2.18. The Morgan fingerprint density at radius 2 is 1.72 bits per heavy atom. The molecule has 3 N–H and O–H groups in total. The second kappa shape index (κ2) is 10.5. The van der Waals surface area contributed by atoms with Crippen molar-refractivity contribution in [3.8, 4) is 0 Å². The van der Waals surface area contributed by atoms with Gasteiger partial charge in [-0.05, 0) is 48.7 Å². The van der Waals surface area contributed by atoms with Crippen molar-refractivity contribution in [3.05, 3.63) is 95.8 Å². The Morgan fingerprint density at radius 3 is 2.41 bits per heavy atom. The van der Waals surface area contributed by atoms with Crippen LogP contribution in [0.3, 0.4) is 0 Å². The molecule has 0 saturated heterocycles. The van der Waals surface area contributed by atoms with Gasteiger partial charge in [-0.2, -0.15) is 0 Å². The number of nitrogens with zero attached hydrogens (tertiary/aromatic N) is 1. The average molecular weight is 389 g/mol. The number of pyridine rings is 1. The van der Waals surface area contributed by atoms with E-state index in [2.05, 4.69) is 22.5 Å². The lowest BCUT2D eigenvalue weighted by molar-refractivity contribution is -0.115. The molecule has 5 nitrogen and oxygen atoms in total. The number of hydrogen-bond donors (Lipinski definition) is 3. The minimum atomic E-state index is -0.518. The quantitative estimate of drug-likeness (QED) is 0.524. The van der Waals surface area contributed by atoms with E-state index in [1.54, 1.807) is 6.20 Å². The zero-order valence-electron chi connectivity index (χ0n) is 16.6. The van der Waals surface area contributed by atoms with E-state index in [0.29, 0.717) is 6.54 Å². The molecule has 2 atom stereocenters. The maximum absolute atomic E-state index is 12.1. The van der Waals surface area contributed by atoms with Crippen molar-refractivity contribution in [2.75, 3.05) is 11.9 Å². The summed E-state index contributed by atoms with van der Waals surface area (Å²) < 4.78 is 0. The summed E-state index contributed by atoms with van der Waals surface area (Å²) in [6, 6.07) is 23.3. The van der Waals surface area contributed by atoms with Gasteiger partial charge in [-0.1, -0.05) is 48.5 Å². The third-order valence-corrected chi connectivity index (χ3v) is 4.69. The molecule has 1 heterocycles. The first-order valence-electron chi connectivity index (χ1n) is 9.85. The van der Waals surface area contributed by atoms with Crippen LogP contribution in [0.15, 0.2) is 79.0 Å². The minimum absolute atomic E-state index is 0.0821. The first-order valence-corrected chi connectivity index (χ1v) is 9.85. The van der Waals surface area contributed by atoms with Crippen molar-refractivity contribution in [1.82, 2.24) is 10.3 Å². The van der Waals surface area contributed by atoms with Crippen molar-refractivity contribution < 1.29 is 9.90 Å². The van der Waals surface area contributed by atoms with E-state index in [-0.39, 0.29) is 18.4 Å². The van der Waals surface area contributed by atoms with E-state index < -0.39 is 6.10 Å². The smallest absolute Gasteiger partial charge is 0.230 e. The molecule has 0 radical (unpaired) electrons. The largest absolute Gasteiger partial charge is 0.387 e. The van der Waals surface area contributed by atoms with Crippen LogP contribution in [-0.2, 0) is 17.6 Å². The summed E-state index contributed by atoms with van der Waals surface area (Å²) >= 11 is 0. The number of aliphatic hydroxyl groups excluding tert-OH is 1. The van der Waals surface area contributed by atoms with Crippen LogP contribution in [0.4, 0.5) is 5.69 Å². The lowest BCUT2D eigenvalue weighted by Crippen LogP contribution is -2.32. The van der Waals surface area contributed by atoms with Gasteiger partial charge in [0, 0.05) is 30.2 Å². The molecule has 1 aromatic heterocycles. The summed E-state index contributed by atoms with van der Waals surface area (Å²) in [4.78, 5) is 16.3. The Kier molecular flexibility index (Phi) is 7.50. The Balaban J connectivity index is 1.44. The molecule has 0 fully saturated rings. The van der Waals surface area contributed by atoms with Gasteiger partial charge < -0.3 is 15.7 Å². The normalized spacial score (nSPS) is 12.9. The van der Waals surface area contributed by atoms with Crippen molar-refractivity contribution in [1.29, 1.82) is 0 Å². The van der Waals surface area contributed by atoms with Crippen LogP contribution >= 0.6 is 0 Å². The van der Waals surface area contributed by atoms with Gasteiger partial charge >= 0.3 is 0 Å². The Morgan fingerprint density at radius 1 is 1.00 bits per heavy atom. The van der Waals surface area contributed by atoms with Gasteiger partial charge in [0.2, 0.25) is 5.91 Å². The molecule has 150 valence electrons. The van der Waals surface area contributed by atoms with Crippen molar-refractivity contribution in [2.24, 2.45) is 0 Å². The SMILES string of the molecule is C[C@@H](Cc1ccc(NC(=O)Cc2ccccn2)cc1)NC[C@@H](O)c1ccccc1. The monoisotopic (exact) mass is 389 g/mol. The molecule has 3 rings (SSSR count). The van der Waals surface area contributed by atoms with Crippen molar-refractivity contribution in [3.63, 3.8) is 0 Å². The molecule has 0 unspecified atom stereocenters. The number of carbonyl (C=O) groups excluding carboxylic acids is 1. The highest BCUT2D eigenvalue weighted by atomic mass is 16.3. The molecule has 0 saturated carbocycles. The van der Waals surface area contributed by atoms with E-state index >= 15 is 0 Å². The molecule has 3 aromatic rings. The molecule has 29 heavy (non-hydrogen) atoms. The average Bonchev–Trinajstić information content (AvgIpc) is 2.75. The van der Waals surface area contributed by atoms with Crippen LogP contribution in [-0.4, -0.2) is 28.6 Å². The van der Waals surface area contributed by atoms with Crippen molar-refractivity contribution in [2.45, 2.75) is 31.9 Å². The fourth-order valence-electron chi connectivity index (χ4n) is 3.13. The number of nitrogens with one attached hydrogen (secondary N) is 2. The third kappa shape index (κ3) is 6.82. The molecule has 0 aliphatic carbocycles. The molecule has 0 bridgehead atoms.